The Morgan fingerprint density at radius 1 is 1.19 bits per heavy atom. The predicted octanol–water partition coefficient (Wildman–Crippen LogP) is 3.21. The van der Waals surface area contributed by atoms with Gasteiger partial charge in [-0.2, -0.15) is 0 Å². The summed E-state index contributed by atoms with van der Waals surface area (Å²) in [5, 5.41) is 0. The van der Waals surface area contributed by atoms with E-state index in [-0.39, 0.29) is 11.8 Å². The van der Waals surface area contributed by atoms with E-state index in [1.807, 2.05) is 25.1 Å². The molecule has 1 aromatic carbocycles. The van der Waals surface area contributed by atoms with Crippen molar-refractivity contribution in [1.82, 2.24) is 10.9 Å². The third kappa shape index (κ3) is 4.99. The van der Waals surface area contributed by atoms with Crippen LogP contribution in [0, 0.1) is 6.92 Å². The van der Waals surface area contributed by atoms with Crippen LogP contribution in [0.5, 0.6) is 0 Å². The van der Waals surface area contributed by atoms with E-state index in [0.29, 0.717) is 17.7 Å². The van der Waals surface area contributed by atoms with Crippen molar-refractivity contribution in [3.63, 3.8) is 0 Å². The summed E-state index contributed by atoms with van der Waals surface area (Å²) < 4.78 is 0.874. The third-order valence-corrected chi connectivity index (χ3v) is 4.46. The SMILES string of the molecule is Cc1cccc(CCC(=O)NNC(=O)c2ccc(Br)s2)c1. The molecule has 6 heteroatoms. The highest BCUT2D eigenvalue weighted by molar-refractivity contribution is 9.11. The van der Waals surface area contributed by atoms with E-state index in [1.165, 1.54) is 16.9 Å². The van der Waals surface area contributed by atoms with E-state index in [0.717, 1.165) is 9.35 Å². The molecule has 1 aromatic heterocycles. The lowest BCUT2D eigenvalue weighted by Gasteiger charge is -2.06. The molecule has 0 aliphatic rings. The Hall–Kier alpha value is -1.66. The number of hydrogen-bond donors (Lipinski definition) is 2. The van der Waals surface area contributed by atoms with Gasteiger partial charge in [-0.1, -0.05) is 29.8 Å². The molecule has 21 heavy (non-hydrogen) atoms. The smallest absolute Gasteiger partial charge is 0.273 e. The number of hydrogen-bond acceptors (Lipinski definition) is 3. The molecular formula is C15H15BrN2O2S. The van der Waals surface area contributed by atoms with Crippen molar-refractivity contribution in [2.24, 2.45) is 0 Å². The number of carbonyl (C=O) groups excluding carboxylic acids is 2. The van der Waals surface area contributed by atoms with Crippen LogP contribution < -0.4 is 10.9 Å². The maximum atomic E-state index is 11.7. The number of rotatable bonds is 4. The number of carbonyl (C=O) groups is 2. The van der Waals surface area contributed by atoms with Gasteiger partial charge in [0, 0.05) is 6.42 Å². The van der Waals surface area contributed by atoms with Gasteiger partial charge >= 0.3 is 0 Å². The summed E-state index contributed by atoms with van der Waals surface area (Å²) in [6.07, 6.45) is 0.978. The zero-order valence-electron chi connectivity index (χ0n) is 11.5. The van der Waals surface area contributed by atoms with Crippen molar-refractivity contribution in [3.8, 4) is 0 Å². The van der Waals surface area contributed by atoms with Crippen molar-refractivity contribution < 1.29 is 9.59 Å². The van der Waals surface area contributed by atoms with Crippen LogP contribution >= 0.6 is 27.3 Å². The standard InChI is InChI=1S/C15H15BrN2O2S/c1-10-3-2-4-11(9-10)5-8-14(19)17-18-15(20)12-6-7-13(16)21-12/h2-4,6-7,9H,5,8H2,1H3,(H,17,19)(H,18,20). The molecule has 0 atom stereocenters. The average molecular weight is 367 g/mol. The molecule has 0 bridgehead atoms. The second-order valence-corrected chi connectivity index (χ2v) is 7.06. The van der Waals surface area contributed by atoms with Crippen LogP contribution in [0.15, 0.2) is 40.2 Å². The minimum absolute atomic E-state index is 0.208. The minimum Gasteiger partial charge on any atom is -0.273 e. The first-order chi connectivity index (χ1) is 10.0. The quantitative estimate of drug-likeness (QED) is 0.816. The third-order valence-electron chi connectivity index (χ3n) is 2.84. The summed E-state index contributed by atoms with van der Waals surface area (Å²) in [6, 6.07) is 11.5. The monoisotopic (exact) mass is 366 g/mol. The van der Waals surface area contributed by atoms with Crippen LogP contribution in [0.1, 0.15) is 27.2 Å². The van der Waals surface area contributed by atoms with E-state index in [4.69, 9.17) is 0 Å². The average Bonchev–Trinajstić information content (AvgIpc) is 2.89. The van der Waals surface area contributed by atoms with Crippen LogP contribution in [-0.2, 0) is 11.2 Å². The van der Waals surface area contributed by atoms with Gasteiger partial charge in [0.25, 0.3) is 5.91 Å². The predicted molar refractivity (Wildman–Crippen MR) is 87.1 cm³/mol. The van der Waals surface area contributed by atoms with Gasteiger partial charge in [-0.25, -0.2) is 0 Å². The van der Waals surface area contributed by atoms with Gasteiger partial charge in [0.2, 0.25) is 5.91 Å². The first-order valence-corrected chi connectivity index (χ1v) is 8.05. The van der Waals surface area contributed by atoms with E-state index in [1.54, 1.807) is 12.1 Å². The molecule has 1 heterocycles. The summed E-state index contributed by atoms with van der Waals surface area (Å²) in [5.41, 5.74) is 7.12. The molecule has 0 fully saturated rings. The van der Waals surface area contributed by atoms with Crippen LogP contribution in [0.4, 0.5) is 0 Å². The van der Waals surface area contributed by atoms with Crippen molar-refractivity contribution in [3.05, 3.63) is 56.2 Å². The molecule has 0 unspecified atom stereocenters. The Labute approximate surface area is 135 Å². The fourth-order valence-corrected chi connectivity index (χ4v) is 3.09. The van der Waals surface area contributed by atoms with Crippen LogP contribution in [0.25, 0.3) is 0 Å². The van der Waals surface area contributed by atoms with E-state index in [9.17, 15) is 9.59 Å². The van der Waals surface area contributed by atoms with Gasteiger partial charge in [-0.15, -0.1) is 11.3 Å². The molecule has 0 radical (unpaired) electrons. The van der Waals surface area contributed by atoms with E-state index < -0.39 is 0 Å². The lowest BCUT2D eigenvalue weighted by molar-refractivity contribution is -0.121. The van der Waals surface area contributed by atoms with Crippen molar-refractivity contribution >= 4 is 39.1 Å². The molecule has 2 aromatic rings. The fourth-order valence-electron chi connectivity index (χ4n) is 1.81. The van der Waals surface area contributed by atoms with Gasteiger partial charge in [0.1, 0.15) is 0 Å². The molecule has 2 rings (SSSR count). The second kappa shape index (κ2) is 7.38. The fraction of sp³-hybridized carbons (Fsp3) is 0.200. The zero-order valence-corrected chi connectivity index (χ0v) is 13.9. The molecule has 0 spiro atoms. The first kappa shape index (κ1) is 15.7. The highest BCUT2D eigenvalue weighted by Gasteiger charge is 2.09. The lowest BCUT2D eigenvalue weighted by atomic mass is 10.1. The summed E-state index contributed by atoms with van der Waals surface area (Å²) in [6.45, 7) is 2.02. The summed E-state index contributed by atoms with van der Waals surface area (Å²) >= 11 is 4.60. The molecule has 2 N–H and O–H groups in total. The molecule has 0 aliphatic carbocycles. The van der Waals surface area contributed by atoms with Gasteiger partial charge in [-0.3, -0.25) is 20.4 Å². The topological polar surface area (TPSA) is 58.2 Å². The Bertz CT molecular complexity index is 655. The molecular weight excluding hydrogens is 352 g/mol. The number of aryl methyl sites for hydroxylation is 2. The number of benzene rings is 1. The first-order valence-electron chi connectivity index (χ1n) is 6.44. The Kier molecular flexibility index (Phi) is 5.52. The summed E-state index contributed by atoms with van der Waals surface area (Å²) in [4.78, 5) is 24.0. The van der Waals surface area contributed by atoms with Gasteiger partial charge in [0.15, 0.2) is 0 Å². The largest absolute Gasteiger partial charge is 0.279 e. The van der Waals surface area contributed by atoms with Crippen molar-refractivity contribution in [2.45, 2.75) is 19.8 Å². The van der Waals surface area contributed by atoms with Crippen molar-refractivity contribution in [2.75, 3.05) is 0 Å². The second-order valence-electron chi connectivity index (χ2n) is 4.60. The number of halogens is 1. The summed E-state index contributed by atoms with van der Waals surface area (Å²) in [5.74, 6) is -0.518. The molecule has 0 saturated heterocycles. The maximum Gasteiger partial charge on any atom is 0.279 e. The van der Waals surface area contributed by atoms with Crippen LogP contribution in [0.3, 0.4) is 0 Å². The van der Waals surface area contributed by atoms with Crippen LogP contribution in [0.2, 0.25) is 0 Å². The Morgan fingerprint density at radius 3 is 2.67 bits per heavy atom. The van der Waals surface area contributed by atoms with Gasteiger partial charge < -0.3 is 0 Å². The normalized spacial score (nSPS) is 10.2. The zero-order chi connectivity index (χ0) is 15.2. The van der Waals surface area contributed by atoms with Crippen molar-refractivity contribution in [1.29, 1.82) is 0 Å². The van der Waals surface area contributed by atoms with E-state index >= 15 is 0 Å². The highest BCUT2D eigenvalue weighted by Crippen LogP contribution is 2.21. The molecule has 0 saturated carbocycles. The Balaban J connectivity index is 1.76. The van der Waals surface area contributed by atoms with Gasteiger partial charge in [0.05, 0.1) is 8.66 Å². The lowest BCUT2D eigenvalue weighted by Crippen LogP contribution is -2.41. The van der Waals surface area contributed by atoms with Gasteiger partial charge in [-0.05, 0) is 47.0 Å². The summed E-state index contributed by atoms with van der Waals surface area (Å²) in [7, 11) is 0. The Morgan fingerprint density at radius 2 is 2.00 bits per heavy atom. The number of hydrazine groups is 1. The minimum atomic E-state index is -0.311. The molecule has 0 aliphatic heterocycles. The number of nitrogens with one attached hydrogen (secondary N) is 2. The number of thiophene rings is 1. The molecule has 2 amide bonds. The molecule has 4 nitrogen and oxygen atoms in total. The number of amides is 2. The van der Waals surface area contributed by atoms with Crippen LogP contribution in [-0.4, -0.2) is 11.8 Å². The highest BCUT2D eigenvalue weighted by atomic mass is 79.9. The maximum absolute atomic E-state index is 11.7. The van der Waals surface area contributed by atoms with E-state index in [2.05, 4.69) is 32.8 Å². The molecule has 110 valence electrons.